The largest absolute Gasteiger partial charge is 0.497 e. The number of anilines is 1. The molecule has 148 valence electrons. The standard InChI is InChI=1S/C20H21N7O2/c1-29-15-2-3-16-17(10-15)21-12-26(20(16)28)11-14-6-8-25(9-7-14)19-5-4-18-23-22-13-27(18)24-19/h2-5,10,12-14H,6-9,11H2,1H3. The van der Waals surface area contributed by atoms with Gasteiger partial charge in [0, 0.05) is 25.7 Å². The van der Waals surface area contributed by atoms with E-state index in [1.165, 1.54) is 0 Å². The van der Waals surface area contributed by atoms with Crippen LogP contribution >= 0.6 is 0 Å². The van der Waals surface area contributed by atoms with E-state index in [4.69, 9.17) is 4.74 Å². The molecular formula is C20H21N7O2. The number of piperidine rings is 1. The summed E-state index contributed by atoms with van der Waals surface area (Å²) in [4.78, 5) is 19.6. The van der Waals surface area contributed by atoms with E-state index in [1.54, 1.807) is 47.0 Å². The first kappa shape index (κ1) is 17.6. The second-order valence-corrected chi connectivity index (χ2v) is 7.34. The highest BCUT2D eigenvalue weighted by Gasteiger charge is 2.21. The van der Waals surface area contributed by atoms with E-state index in [2.05, 4.69) is 25.2 Å². The van der Waals surface area contributed by atoms with Crippen LogP contribution in [0.4, 0.5) is 5.82 Å². The third-order valence-electron chi connectivity index (χ3n) is 5.57. The Hall–Kier alpha value is -3.49. The van der Waals surface area contributed by atoms with E-state index in [-0.39, 0.29) is 5.56 Å². The summed E-state index contributed by atoms with van der Waals surface area (Å²) >= 11 is 0. The molecule has 4 heterocycles. The van der Waals surface area contributed by atoms with Gasteiger partial charge < -0.3 is 9.64 Å². The van der Waals surface area contributed by atoms with Crippen LogP contribution in [0, 0.1) is 5.92 Å². The molecule has 1 saturated heterocycles. The maximum atomic E-state index is 12.8. The number of rotatable bonds is 4. The van der Waals surface area contributed by atoms with Crippen molar-refractivity contribution in [3.63, 3.8) is 0 Å². The lowest BCUT2D eigenvalue weighted by Crippen LogP contribution is -2.37. The minimum absolute atomic E-state index is 0.000177. The number of fused-ring (bicyclic) bond motifs is 2. The van der Waals surface area contributed by atoms with E-state index in [0.717, 1.165) is 37.4 Å². The maximum Gasteiger partial charge on any atom is 0.261 e. The number of aromatic nitrogens is 6. The lowest BCUT2D eigenvalue weighted by molar-refractivity contribution is 0.350. The molecule has 0 spiro atoms. The topological polar surface area (TPSA) is 90.4 Å². The second kappa shape index (κ2) is 7.16. The molecule has 0 unspecified atom stereocenters. The highest BCUT2D eigenvalue weighted by Crippen LogP contribution is 2.23. The van der Waals surface area contributed by atoms with Gasteiger partial charge in [-0.1, -0.05) is 0 Å². The molecule has 0 bridgehead atoms. The summed E-state index contributed by atoms with van der Waals surface area (Å²) in [6.45, 7) is 2.48. The van der Waals surface area contributed by atoms with Crippen LogP contribution in [0.5, 0.6) is 5.75 Å². The van der Waals surface area contributed by atoms with Crippen LogP contribution in [0.3, 0.4) is 0 Å². The van der Waals surface area contributed by atoms with Crippen LogP contribution in [-0.4, -0.2) is 49.6 Å². The van der Waals surface area contributed by atoms with Gasteiger partial charge in [0.1, 0.15) is 17.9 Å². The van der Waals surface area contributed by atoms with Crippen molar-refractivity contribution in [3.05, 3.63) is 53.3 Å². The number of hydrogen-bond acceptors (Lipinski definition) is 7. The van der Waals surface area contributed by atoms with Gasteiger partial charge >= 0.3 is 0 Å². The van der Waals surface area contributed by atoms with Gasteiger partial charge in [0.2, 0.25) is 0 Å². The molecule has 5 rings (SSSR count). The molecule has 1 aliphatic heterocycles. The Balaban J connectivity index is 1.29. The van der Waals surface area contributed by atoms with Crippen molar-refractivity contribution in [2.45, 2.75) is 19.4 Å². The summed E-state index contributed by atoms with van der Waals surface area (Å²) in [5.74, 6) is 2.06. The molecule has 1 aromatic carbocycles. The van der Waals surface area contributed by atoms with Crippen LogP contribution in [0.25, 0.3) is 16.6 Å². The molecule has 0 N–H and O–H groups in total. The molecule has 1 fully saturated rings. The molecule has 9 nitrogen and oxygen atoms in total. The number of ether oxygens (including phenoxy) is 1. The molecule has 3 aromatic heterocycles. The summed E-state index contributed by atoms with van der Waals surface area (Å²) in [6, 6.07) is 9.29. The van der Waals surface area contributed by atoms with Crippen LogP contribution in [0.15, 0.2) is 47.8 Å². The number of hydrogen-bond donors (Lipinski definition) is 0. The first-order valence-electron chi connectivity index (χ1n) is 9.66. The average Bonchev–Trinajstić information content (AvgIpc) is 3.24. The minimum atomic E-state index is -0.000177. The SMILES string of the molecule is COc1ccc2c(=O)n(CC3CCN(c4ccc5nncn5n4)CC3)cnc2c1. The van der Waals surface area contributed by atoms with Gasteiger partial charge in [-0.05, 0) is 43.0 Å². The Morgan fingerprint density at radius 3 is 2.83 bits per heavy atom. The molecule has 29 heavy (non-hydrogen) atoms. The van der Waals surface area contributed by atoms with Gasteiger partial charge in [0.15, 0.2) is 5.65 Å². The molecule has 0 radical (unpaired) electrons. The minimum Gasteiger partial charge on any atom is -0.497 e. The molecule has 0 saturated carbocycles. The van der Waals surface area contributed by atoms with E-state index >= 15 is 0 Å². The molecular weight excluding hydrogens is 370 g/mol. The summed E-state index contributed by atoms with van der Waals surface area (Å²) in [5, 5.41) is 13.1. The van der Waals surface area contributed by atoms with Crippen molar-refractivity contribution in [1.29, 1.82) is 0 Å². The fraction of sp³-hybridized carbons (Fsp3) is 0.350. The summed E-state index contributed by atoms with van der Waals surface area (Å²) in [5.41, 5.74) is 1.40. The first-order chi connectivity index (χ1) is 14.2. The van der Waals surface area contributed by atoms with E-state index < -0.39 is 0 Å². The zero-order valence-corrected chi connectivity index (χ0v) is 16.1. The smallest absolute Gasteiger partial charge is 0.261 e. The van der Waals surface area contributed by atoms with Gasteiger partial charge in [0.05, 0.1) is 24.3 Å². The van der Waals surface area contributed by atoms with Crippen molar-refractivity contribution in [3.8, 4) is 5.75 Å². The van der Waals surface area contributed by atoms with Gasteiger partial charge in [-0.2, -0.15) is 4.52 Å². The monoisotopic (exact) mass is 391 g/mol. The number of benzene rings is 1. The van der Waals surface area contributed by atoms with Gasteiger partial charge in [-0.3, -0.25) is 9.36 Å². The van der Waals surface area contributed by atoms with Crippen molar-refractivity contribution in [1.82, 2.24) is 29.4 Å². The molecule has 1 aliphatic rings. The molecule has 9 heteroatoms. The third-order valence-corrected chi connectivity index (χ3v) is 5.57. The second-order valence-electron chi connectivity index (χ2n) is 7.34. The average molecular weight is 391 g/mol. The summed E-state index contributed by atoms with van der Waals surface area (Å²) < 4.78 is 8.64. The predicted molar refractivity (Wildman–Crippen MR) is 108 cm³/mol. The van der Waals surface area contributed by atoms with Crippen LogP contribution < -0.4 is 15.2 Å². The van der Waals surface area contributed by atoms with Gasteiger partial charge in [-0.15, -0.1) is 15.3 Å². The van der Waals surface area contributed by atoms with Crippen molar-refractivity contribution >= 4 is 22.4 Å². The highest BCUT2D eigenvalue weighted by atomic mass is 16.5. The number of nitrogens with zero attached hydrogens (tertiary/aromatic N) is 7. The van der Waals surface area contributed by atoms with Crippen molar-refractivity contribution in [2.75, 3.05) is 25.1 Å². The fourth-order valence-corrected chi connectivity index (χ4v) is 3.91. The molecule has 0 aliphatic carbocycles. The summed E-state index contributed by atoms with van der Waals surface area (Å²) in [6.07, 6.45) is 5.25. The molecule has 0 atom stereocenters. The quantitative estimate of drug-likeness (QED) is 0.523. The summed E-state index contributed by atoms with van der Waals surface area (Å²) in [7, 11) is 1.61. The van der Waals surface area contributed by atoms with Gasteiger partial charge in [-0.25, -0.2) is 4.98 Å². The van der Waals surface area contributed by atoms with E-state index in [1.807, 2.05) is 12.1 Å². The van der Waals surface area contributed by atoms with E-state index in [9.17, 15) is 4.79 Å². The van der Waals surface area contributed by atoms with E-state index in [0.29, 0.717) is 29.1 Å². The first-order valence-corrected chi connectivity index (χ1v) is 9.66. The van der Waals surface area contributed by atoms with Crippen LogP contribution in [-0.2, 0) is 6.54 Å². The van der Waals surface area contributed by atoms with Gasteiger partial charge in [0.25, 0.3) is 5.56 Å². The van der Waals surface area contributed by atoms with Crippen LogP contribution in [0.2, 0.25) is 0 Å². The third kappa shape index (κ3) is 3.28. The normalized spacial score (nSPS) is 15.3. The molecule has 0 amide bonds. The molecule has 4 aromatic rings. The lowest BCUT2D eigenvalue weighted by atomic mass is 9.96. The zero-order chi connectivity index (χ0) is 19.8. The van der Waals surface area contributed by atoms with Crippen LogP contribution in [0.1, 0.15) is 12.8 Å². The van der Waals surface area contributed by atoms with Crippen molar-refractivity contribution in [2.24, 2.45) is 5.92 Å². The Bertz CT molecular complexity index is 1220. The Morgan fingerprint density at radius 2 is 2.00 bits per heavy atom. The predicted octanol–water partition coefficient (Wildman–Crippen LogP) is 1.76. The fourth-order valence-electron chi connectivity index (χ4n) is 3.91. The Morgan fingerprint density at radius 1 is 1.14 bits per heavy atom. The highest BCUT2D eigenvalue weighted by molar-refractivity contribution is 5.78. The Kier molecular flexibility index (Phi) is 4.34. The Labute approximate surface area is 166 Å². The number of methoxy groups -OCH3 is 1. The van der Waals surface area contributed by atoms with Crippen molar-refractivity contribution < 1.29 is 4.74 Å². The lowest BCUT2D eigenvalue weighted by Gasteiger charge is -2.32. The zero-order valence-electron chi connectivity index (χ0n) is 16.1. The maximum absolute atomic E-state index is 12.8.